The van der Waals surface area contributed by atoms with Crippen molar-refractivity contribution in [1.29, 1.82) is 0 Å². The summed E-state index contributed by atoms with van der Waals surface area (Å²) in [5, 5.41) is 0. The van der Waals surface area contributed by atoms with Crippen LogP contribution in [0.25, 0.3) is 0 Å². The summed E-state index contributed by atoms with van der Waals surface area (Å²) < 4.78 is 25.0. The van der Waals surface area contributed by atoms with E-state index in [1.165, 1.54) is 0 Å². The molecule has 1 aliphatic carbocycles. The van der Waals surface area contributed by atoms with Gasteiger partial charge in [0.1, 0.15) is 0 Å². The Morgan fingerprint density at radius 3 is 2.18 bits per heavy atom. The number of hydrogen-bond donors (Lipinski definition) is 1. The highest BCUT2D eigenvalue weighted by atomic mass is 19.3. The van der Waals surface area contributed by atoms with Crippen LogP contribution >= 0.6 is 0 Å². The Morgan fingerprint density at radius 1 is 1.55 bits per heavy atom. The molecule has 0 aliphatic heterocycles. The SMILES string of the molecule is CC(CN)(C(F)F)C1CCC1. The minimum absolute atomic E-state index is 0.106. The lowest BCUT2D eigenvalue weighted by atomic mass is 9.66. The van der Waals surface area contributed by atoms with Crippen molar-refractivity contribution in [2.75, 3.05) is 6.54 Å². The zero-order valence-corrected chi connectivity index (χ0v) is 6.82. The average Bonchev–Trinajstić information content (AvgIpc) is 1.83. The highest BCUT2D eigenvalue weighted by Gasteiger charge is 2.43. The van der Waals surface area contributed by atoms with Crippen LogP contribution in [0.1, 0.15) is 26.2 Å². The molecule has 11 heavy (non-hydrogen) atoms. The van der Waals surface area contributed by atoms with E-state index in [1.54, 1.807) is 6.92 Å². The van der Waals surface area contributed by atoms with E-state index in [9.17, 15) is 8.78 Å². The molecule has 0 aromatic carbocycles. The van der Waals surface area contributed by atoms with Gasteiger partial charge < -0.3 is 5.73 Å². The second-order valence-electron chi connectivity index (χ2n) is 3.64. The van der Waals surface area contributed by atoms with Crippen molar-refractivity contribution in [3.05, 3.63) is 0 Å². The Labute approximate surface area is 66.0 Å². The molecule has 0 aromatic rings. The first-order valence-electron chi connectivity index (χ1n) is 4.09. The predicted molar refractivity (Wildman–Crippen MR) is 40.5 cm³/mol. The molecule has 0 bridgehead atoms. The minimum Gasteiger partial charge on any atom is -0.330 e. The summed E-state index contributed by atoms with van der Waals surface area (Å²) in [4.78, 5) is 0. The summed E-state index contributed by atoms with van der Waals surface area (Å²) >= 11 is 0. The predicted octanol–water partition coefficient (Wildman–Crippen LogP) is 2.02. The quantitative estimate of drug-likeness (QED) is 0.676. The third kappa shape index (κ3) is 1.39. The van der Waals surface area contributed by atoms with Gasteiger partial charge in [0.25, 0.3) is 0 Å². The molecule has 1 rings (SSSR count). The Hall–Kier alpha value is -0.180. The van der Waals surface area contributed by atoms with Gasteiger partial charge in [0, 0.05) is 12.0 Å². The van der Waals surface area contributed by atoms with E-state index in [0.717, 1.165) is 19.3 Å². The van der Waals surface area contributed by atoms with Gasteiger partial charge in [0.15, 0.2) is 0 Å². The average molecular weight is 163 g/mol. The summed E-state index contributed by atoms with van der Waals surface area (Å²) in [7, 11) is 0. The number of nitrogens with two attached hydrogens (primary N) is 1. The van der Waals surface area contributed by atoms with Gasteiger partial charge in [0.2, 0.25) is 6.43 Å². The van der Waals surface area contributed by atoms with Crippen molar-refractivity contribution in [2.24, 2.45) is 17.1 Å². The summed E-state index contributed by atoms with van der Waals surface area (Å²) in [5.41, 5.74) is 4.42. The molecule has 0 spiro atoms. The first-order chi connectivity index (χ1) is 5.11. The summed E-state index contributed by atoms with van der Waals surface area (Å²) in [6.07, 6.45) is 0.682. The molecule has 0 heterocycles. The number of rotatable bonds is 3. The van der Waals surface area contributed by atoms with Crippen molar-refractivity contribution in [3.63, 3.8) is 0 Å². The van der Waals surface area contributed by atoms with Gasteiger partial charge in [-0.15, -0.1) is 0 Å². The standard InChI is InChI=1S/C8H15F2N/c1-8(5-11,7(9)10)6-3-2-4-6/h6-7H,2-5,11H2,1H3. The maximum Gasteiger partial charge on any atom is 0.245 e. The van der Waals surface area contributed by atoms with Crippen LogP contribution in [-0.2, 0) is 0 Å². The number of hydrogen-bond acceptors (Lipinski definition) is 1. The smallest absolute Gasteiger partial charge is 0.245 e. The van der Waals surface area contributed by atoms with Crippen LogP contribution in [0.15, 0.2) is 0 Å². The summed E-state index contributed by atoms with van der Waals surface area (Å²) in [6, 6.07) is 0. The van der Waals surface area contributed by atoms with Gasteiger partial charge in [-0.25, -0.2) is 8.78 Å². The lowest BCUT2D eigenvalue weighted by molar-refractivity contribution is -0.0527. The molecule has 1 aliphatic rings. The molecule has 1 nitrogen and oxygen atoms in total. The van der Waals surface area contributed by atoms with Crippen LogP contribution in [0.3, 0.4) is 0 Å². The second-order valence-corrected chi connectivity index (χ2v) is 3.64. The Kier molecular flexibility index (Phi) is 2.47. The lowest BCUT2D eigenvalue weighted by Gasteiger charge is -2.41. The van der Waals surface area contributed by atoms with Gasteiger partial charge in [-0.2, -0.15) is 0 Å². The molecular formula is C8H15F2N. The van der Waals surface area contributed by atoms with Crippen LogP contribution in [0.4, 0.5) is 8.78 Å². The molecule has 1 fully saturated rings. The van der Waals surface area contributed by atoms with E-state index in [0.29, 0.717) is 0 Å². The molecule has 3 heteroatoms. The normalized spacial score (nSPS) is 24.8. The topological polar surface area (TPSA) is 26.0 Å². The Balaban J connectivity index is 2.57. The Morgan fingerprint density at radius 2 is 2.09 bits per heavy atom. The van der Waals surface area contributed by atoms with Gasteiger partial charge >= 0.3 is 0 Å². The van der Waals surface area contributed by atoms with E-state index < -0.39 is 11.8 Å². The molecule has 0 saturated heterocycles. The lowest BCUT2D eigenvalue weighted by Crippen LogP contribution is -2.44. The first kappa shape index (κ1) is 8.91. The van der Waals surface area contributed by atoms with E-state index in [-0.39, 0.29) is 12.5 Å². The van der Waals surface area contributed by atoms with Crippen molar-refractivity contribution in [3.8, 4) is 0 Å². The van der Waals surface area contributed by atoms with E-state index in [4.69, 9.17) is 5.73 Å². The molecule has 0 radical (unpaired) electrons. The van der Waals surface area contributed by atoms with Crippen molar-refractivity contribution < 1.29 is 8.78 Å². The maximum absolute atomic E-state index is 12.5. The fourth-order valence-electron chi connectivity index (χ4n) is 1.50. The van der Waals surface area contributed by atoms with Crippen molar-refractivity contribution >= 4 is 0 Å². The van der Waals surface area contributed by atoms with E-state index in [2.05, 4.69) is 0 Å². The fourth-order valence-corrected chi connectivity index (χ4v) is 1.50. The summed E-state index contributed by atoms with van der Waals surface area (Å²) in [5.74, 6) is 0.160. The minimum atomic E-state index is -2.27. The van der Waals surface area contributed by atoms with Crippen LogP contribution in [0, 0.1) is 11.3 Å². The van der Waals surface area contributed by atoms with Crippen molar-refractivity contribution in [1.82, 2.24) is 0 Å². The molecule has 2 N–H and O–H groups in total. The van der Waals surface area contributed by atoms with Crippen LogP contribution in [0.2, 0.25) is 0 Å². The van der Waals surface area contributed by atoms with Crippen LogP contribution < -0.4 is 5.73 Å². The maximum atomic E-state index is 12.5. The Bertz CT molecular complexity index is 134. The molecule has 66 valence electrons. The molecule has 1 unspecified atom stereocenters. The molecule has 1 saturated carbocycles. The molecule has 1 atom stereocenters. The second kappa shape index (κ2) is 3.05. The van der Waals surface area contributed by atoms with Crippen LogP contribution in [0.5, 0.6) is 0 Å². The third-order valence-corrected chi connectivity index (χ3v) is 2.98. The van der Waals surface area contributed by atoms with E-state index >= 15 is 0 Å². The van der Waals surface area contributed by atoms with E-state index in [1.807, 2.05) is 0 Å². The van der Waals surface area contributed by atoms with Gasteiger partial charge in [0.05, 0.1) is 0 Å². The fraction of sp³-hybridized carbons (Fsp3) is 1.00. The molecule has 0 amide bonds. The number of halogens is 2. The van der Waals surface area contributed by atoms with Gasteiger partial charge in [-0.05, 0) is 18.8 Å². The highest BCUT2D eigenvalue weighted by Crippen LogP contribution is 2.44. The van der Waals surface area contributed by atoms with Gasteiger partial charge in [-0.3, -0.25) is 0 Å². The monoisotopic (exact) mass is 163 g/mol. The van der Waals surface area contributed by atoms with Crippen molar-refractivity contribution in [2.45, 2.75) is 32.6 Å². The zero-order valence-electron chi connectivity index (χ0n) is 6.82. The molecular weight excluding hydrogens is 148 g/mol. The summed E-state index contributed by atoms with van der Waals surface area (Å²) in [6.45, 7) is 1.71. The zero-order chi connectivity index (χ0) is 8.48. The van der Waals surface area contributed by atoms with Crippen LogP contribution in [-0.4, -0.2) is 13.0 Å². The number of alkyl halides is 2. The first-order valence-corrected chi connectivity index (χ1v) is 4.09. The molecule has 0 aromatic heterocycles. The highest BCUT2D eigenvalue weighted by molar-refractivity contribution is 4.90. The third-order valence-electron chi connectivity index (χ3n) is 2.98. The van der Waals surface area contributed by atoms with Gasteiger partial charge in [-0.1, -0.05) is 13.3 Å². The largest absolute Gasteiger partial charge is 0.330 e.